The summed E-state index contributed by atoms with van der Waals surface area (Å²) in [5.41, 5.74) is 4.57. The van der Waals surface area contributed by atoms with Gasteiger partial charge in [-0.05, 0) is 43.7 Å². The fourth-order valence-electron chi connectivity index (χ4n) is 2.78. The van der Waals surface area contributed by atoms with Crippen molar-refractivity contribution in [3.63, 3.8) is 0 Å². The van der Waals surface area contributed by atoms with Gasteiger partial charge in [0.2, 0.25) is 0 Å². The zero-order chi connectivity index (χ0) is 18.4. The maximum absolute atomic E-state index is 11.8. The summed E-state index contributed by atoms with van der Waals surface area (Å²) in [5, 5.41) is 4.16. The van der Waals surface area contributed by atoms with Crippen LogP contribution in [0.5, 0.6) is 5.75 Å². The molecule has 0 fully saturated rings. The first-order valence-corrected chi connectivity index (χ1v) is 8.46. The first kappa shape index (κ1) is 17.9. The van der Waals surface area contributed by atoms with E-state index in [4.69, 9.17) is 15.0 Å². The molecule has 0 aliphatic carbocycles. The van der Waals surface area contributed by atoms with E-state index < -0.39 is 5.91 Å². The number of hydrogen-bond donors (Lipinski definition) is 3. The summed E-state index contributed by atoms with van der Waals surface area (Å²) in [6.45, 7) is 3.98. The summed E-state index contributed by atoms with van der Waals surface area (Å²) < 4.78 is 11.5. The highest BCUT2D eigenvalue weighted by atomic mass is 16.5. The smallest absolute Gasteiger partial charge is 0.301 e. The third kappa shape index (κ3) is 4.01. The van der Waals surface area contributed by atoms with Gasteiger partial charge in [-0.3, -0.25) is 15.2 Å². The summed E-state index contributed by atoms with van der Waals surface area (Å²) in [6.07, 6.45) is 4.46. The molecule has 0 spiro atoms. The molecule has 0 saturated heterocycles. The van der Waals surface area contributed by atoms with Gasteiger partial charge >= 0.3 is 5.91 Å². The number of nitrogens with two attached hydrogens (primary N) is 1. The SMILES string of the molecule is Cc1c(C(=O)NN)oc2cccc(OCCCNCc3cccnc3)c12. The standard InChI is InChI=1S/C19H22N4O3/c1-13-17-15(6-2-7-16(17)26-18(13)19(24)23-20)25-10-4-9-22-12-14-5-3-8-21-11-14/h2-3,5-8,11,22H,4,9-10,12,20H2,1H3,(H,23,24). The Hall–Kier alpha value is -2.90. The lowest BCUT2D eigenvalue weighted by atomic mass is 10.1. The molecule has 3 aromatic rings. The number of hydrogen-bond acceptors (Lipinski definition) is 6. The number of aromatic nitrogens is 1. The average Bonchev–Trinajstić information content (AvgIpc) is 3.02. The molecule has 7 nitrogen and oxygen atoms in total. The molecule has 0 aliphatic heterocycles. The highest BCUT2D eigenvalue weighted by Crippen LogP contribution is 2.33. The van der Waals surface area contributed by atoms with Crippen LogP contribution in [0.1, 0.15) is 28.1 Å². The van der Waals surface area contributed by atoms with Gasteiger partial charge in [0.15, 0.2) is 5.76 Å². The second kappa shape index (κ2) is 8.46. The number of ether oxygens (including phenoxy) is 1. The Kier molecular flexibility index (Phi) is 5.83. The van der Waals surface area contributed by atoms with Crippen molar-refractivity contribution < 1.29 is 13.9 Å². The van der Waals surface area contributed by atoms with Crippen LogP contribution >= 0.6 is 0 Å². The molecular formula is C19H22N4O3. The molecule has 0 saturated carbocycles. The second-order valence-corrected chi connectivity index (χ2v) is 5.90. The van der Waals surface area contributed by atoms with Crippen LogP contribution in [0.3, 0.4) is 0 Å². The molecule has 3 rings (SSSR count). The van der Waals surface area contributed by atoms with E-state index in [1.165, 1.54) is 0 Å². The Labute approximate surface area is 151 Å². The molecule has 0 unspecified atom stereocenters. The third-order valence-electron chi connectivity index (χ3n) is 4.06. The lowest BCUT2D eigenvalue weighted by Gasteiger charge is -2.08. The minimum atomic E-state index is -0.454. The molecule has 136 valence electrons. The van der Waals surface area contributed by atoms with Crippen LogP contribution in [-0.2, 0) is 6.54 Å². The molecule has 1 aromatic carbocycles. The van der Waals surface area contributed by atoms with Gasteiger partial charge in [-0.25, -0.2) is 5.84 Å². The van der Waals surface area contributed by atoms with E-state index in [2.05, 4.69) is 15.7 Å². The van der Waals surface area contributed by atoms with Gasteiger partial charge in [0, 0.05) is 24.5 Å². The topological polar surface area (TPSA) is 102 Å². The number of rotatable bonds is 8. The minimum Gasteiger partial charge on any atom is -0.493 e. The van der Waals surface area contributed by atoms with Gasteiger partial charge < -0.3 is 14.5 Å². The lowest BCUT2D eigenvalue weighted by Crippen LogP contribution is -2.30. The van der Waals surface area contributed by atoms with Crippen molar-refractivity contribution in [2.75, 3.05) is 13.2 Å². The van der Waals surface area contributed by atoms with Crippen molar-refractivity contribution in [2.24, 2.45) is 5.84 Å². The Bertz CT molecular complexity index is 877. The Balaban J connectivity index is 1.55. The Morgan fingerprint density at radius 2 is 2.19 bits per heavy atom. The number of hydrazine groups is 1. The number of nitrogens with zero attached hydrogens (tertiary/aromatic N) is 1. The predicted molar refractivity (Wildman–Crippen MR) is 98.7 cm³/mol. The Morgan fingerprint density at radius 3 is 2.96 bits per heavy atom. The van der Waals surface area contributed by atoms with Crippen molar-refractivity contribution in [3.05, 3.63) is 59.6 Å². The molecule has 1 amide bonds. The van der Waals surface area contributed by atoms with Crippen molar-refractivity contribution in [1.29, 1.82) is 0 Å². The minimum absolute atomic E-state index is 0.205. The molecule has 4 N–H and O–H groups in total. The van der Waals surface area contributed by atoms with Gasteiger partial charge in [0.05, 0.1) is 12.0 Å². The maximum Gasteiger partial charge on any atom is 0.301 e. The Morgan fingerprint density at radius 1 is 1.31 bits per heavy atom. The molecule has 2 aromatic heterocycles. The van der Waals surface area contributed by atoms with E-state index in [-0.39, 0.29) is 5.76 Å². The summed E-state index contributed by atoms with van der Waals surface area (Å²) in [7, 11) is 0. The fourth-order valence-corrected chi connectivity index (χ4v) is 2.78. The van der Waals surface area contributed by atoms with Crippen LogP contribution in [0.2, 0.25) is 0 Å². The molecule has 0 atom stereocenters. The molecule has 26 heavy (non-hydrogen) atoms. The number of nitrogens with one attached hydrogen (secondary N) is 2. The van der Waals surface area contributed by atoms with Crippen LogP contribution in [0.15, 0.2) is 47.1 Å². The highest BCUT2D eigenvalue weighted by molar-refractivity contribution is 6.00. The number of aryl methyl sites for hydroxylation is 1. The number of pyridine rings is 1. The highest BCUT2D eigenvalue weighted by Gasteiger charge is 2.19. The second-order valence-electron chi connectivity index (χ2n) is 5.90. The number of nitrogen functional groups attached to an aromatic ring is 1. The van der Waals surface area contributed by atoms with E-state index in [0.29, 0.717) is 23.5 Å². The third-order valence-corrected chi connectivity index (χ3v) is 4.06. The van der Waals surface area contributed by atoms with Crippen molar-refractivity contribution >= 4 is 16.9 Å². The van der Waals surface area contributed by atoms with Crippen LogP contribution in [0.4, 0.5) is 0 Å². The van der Waals surface area contributed by atoms with E-state index in [9.17, 15) is 4.79 Å². The van der Waals surface area contributed by atoms with Crippen LogP contribution in [0, 0.1) is 6.92 Å². The van der Waals surface area contributed by atoms with Crippen LogP contribution in [-0.4, -0.2) is 24.0 Å². The fraction of sp³-hybridized carbons (Fsp3) is 0.263. The maximum atomic E-state index is 11.8. The summed E-state index contributed by atoms with van der Waals surface area (Å²) >= 11 is 0. The monoisotopic (exact) mass is 354 g/mol. The summed E-state index contributed by atoms with van der Waals surface area (Å²) in [6, 6.07) is 9.47. The number of carbonyl (C=O) groups is 1. The summed E-state index contributed by atoms with van der Waals surface area (Å²) in [5.74, 6) is 5.65. The molecule has 2 heterocycles. The molecule has 0 aliphatic rings. The van der Waals surface area contributed by atoms with E-state index >= 15 is 0 Å². The quantitative estimate of drug-likeness (QED) is 0.248. The van der Waals surface area contributed by atoms with Gasteiger partial charge in [0.1, 0.15) is 11.3 Å². The van der Waals surface area contributed by atoms with Gasteiger partial charge in [-0.15, -0.1) is 0 Å². The largest absolute Gasteiger partial charge is 0.493 e. The normalized spacial score (nSPS) is 10.8. The zero-order valence-electron chi connectivity index (χ0n) is 14.6. The van der Waals surface area contributed by atoms with Gasteiger partial charge in [-0.2, -0.15) is 0 Å². The molecule has 7 heteroatoms. The lowest BCUT2D eigenvalue weighted by molar-refractivity contribution is 0.0927. The van der Waals surface area contributed by atoms with Gasteiger partial charge in [0.25, 0.3) is 0 Å². The number of fused-ring (bicyclic) bond motifs is 1. The number of furan rings is 1. The molecular weight excluding hydrogens is 332 g/mol. The van der Waals surface area contributed by atoms with Crippen molar-refractivity contribution in [1.82, 2.24) is 15.7 Å². The van der Waals surface area contributed by atoms with E-state index in [0.717, 1.165) is 30.5 Å². The van der Waals surface area contributed by atoms with Crippen LogP contribution in [0.25, 0.3) is 11.0 Å². The van der Waals surface area contributed by atoms with E-state index in [1.807, 2.05) is 37.4 Å². The van der Waals surface area contributed by atoms with Gasteiger partial charge in [-0.1, -0.05) is 12.1 Å². The predicted octanol–water partition coefficient (Wildman–Crippen LogP) is 2.30. The first-order chi connectivity index (χ1) is 12.7. The van der Waals surface area contributed by atoms with Crippen molar-refractivity contribution in [2.45, 2.75) is 19.9 Å². The number of amides is 1. The van der Waals surface area contributed by atoms with Crippen LogP contribution < -0.4 is 21.3 Å². The van der Waals surface area contributed by atoms with Crippen molar-refractivity contribution in [3.8, 4) is 5.75 Å². The number of carbonyl (C=O) groups excluding carboxylic acids is 1. The van der Waals surface area contributed by atoms with E-state index in [1.54, 1.807) is 12.3 Å². The average molecular weight is 354 g/mol. The summed E-state index contributed by atoms with van der Waals surface area (Å²) in [4.78, 5) is 15.9. The molecule has 0 bridgehead atoms. The first-order valence-electron chi connectivity index (χ1n) is 8.46. The number of benzene rings is 1. The zero-order valence-corrected chi connectivity index (χ0v) is 14.6. The molecule has 0 radical (unpaired) electrons.